The fourth-order valence-electron chi connectivity index (χ4n) is 1.72. The van der Waals surface area contributed by atoms with E-state index in [0.717, 1.165) is 15.7 Å². The highest BCUT2D eigenvalue weighted by Gasteiger charge is 2.16. The van der Waals surface area contributed by atoms with E-state index in [1.54, 1.807) is 0 Å². The second kappa shape index (κ2) is 6.88. The number of ether oxygens (including phenoxy) is 1. The fraction of sp³-hybridized carbons (Fsp3) is 0.267. The van der Waals surface area contributed by atoms with E-state index < -0.39 is 0 Å². The number of amides is 1. The zero-order valence-electron chi connectivity index (χ0n) is 11.2. The van der Waals surface area contributed by atoms with Gasteiger partial charge >= 0.3 is 0 Å². The SMILES string of the molecule is C=C(C)COCCNC(=O)c1sc2ccccc2c1Cl. The summed E-state index contributed by atoms with van der Waals surface area (Å²) in [6, 6.07) is 7.72. The molecule has 0 saturated carbocycles. The van der Waals surface area contributed by atoms with Gasteiger partial charge in [0.2, 0.25) is 0 Å². The molecule has 1 amide bonds. The average molecular weight is 310 g/mol. The molecule has 1 aromatic carbocycles. The number of thiophene rings is 1. The van der Waals surface area contributed by atoms with Crippen LogP contribution in [-0.2, 0) is 4.74 Å². The molecule has 0 aliphatic rings. The molecule has 2 aromatic rings. The fourth-order valence-corrected chi connectivity index (χ4v) is 3.16. The molecule has 5 heteroatoms. The molecule has 106 valence electrons. The number of carbonyl (C=O) groups excluding carboxylic acids is 1. The second-order valence-electron chi connectivity index (χ2n) is 4.51. The molecule has 0 aliphatic carbocycles. The molecule has 0 bridgehead atoms. The van der Waals surface area contributed by atoms with Crippen LogP contribution in [0.3, 0.4) is 0 Å². The Morgan fingerprint density at radius 3 is 2.90 bits per heavy atom. The topological polar surface area (TPSA) is 38.3 Å². The lowest BCUT2D eigenvalue weighted by Gasteiger charge is -2.05. The lowest BCUT2D eigenvalue weighted by molar-refractivity contribution is 0.0931. The zero-order chi connectivity index (χ0) is 14.5. The van der Waals surface area contributed by atoms with Crippen LogP contribution in [0, 0.1) is 0 Å². The molecule has 0 radical (unpaired) electrons. The summed E-state index contributed by atoms with van der Waals surface area (Å²) in [5.41, 5.74) is 0.962. The second-order valence-corrected chi connectivity index (χ2v) is 5.94. The molecule has 0 unspecified atom stereocenters. The summed E-state index contributed by atoms with van der Waals surface area (Å²) in [4.78, 5) is 12.6. The van der Waals surface area contributed by atoms with E-state index in [4.69, 9.17) is 16.3 Å². The highest BCUT2D eigenvalue weighted by atomic mass is 35.5. The van der Waals surface area contributed by atoms with Crippen LogP contribution in [-0.4, -0.2) is 25.7 Å². The van der Waals surface area contributed by atoms with Gasteiger partial charge in [0.15, 0.2) is 0 Å². The summed E-state index contributed by atoms with van der Waals surface area (Å²) in [5.74, 6) is -0.157. The standard InChI is InChI=1S/C15H16ClNO2S/c1-10(2)9-19-8-7-17-15(18)14-13(16)11-5-3-4-6-12(11)20-14/h3-6H,1,7-9H2,2H3,(H,17,18). The third-order valence-corrected chi connectivity index (χ3v) is 4.30. The van der Waals surface area contributed by atoms with Crippen molar-refractivity contribution < 1.29 is 9.53 Å². The van der Waals surface area contributed by atoms with Gasteiger partial charge in [-0.15, -0.1) is 11.3 Å². The lowest BCUT2D eigenvalue weighted by Crippen LogP contribution is -2.26. The molecule has 1 heterocycles. The first-order chi connectivity index (χ1) is 9.59. The molecule has 3 nitrogen and oxygen atoms in total. The van der Waals surface area contributed by atoms with E-state index in [2.05, 4.69) is 11.9 Å². The highest BCUT2D eigenvalue weighted by Crippen LogP contribution is 2.34. The molecule has 1 N–H and O–H groups in total. The van der Waals surface area contributed by atoms with Crippen LogP contribution >= 0.6 is 22.9 Å². The maximum atomic E-state index is 12.1. The zero-order valence-corrected chi connectivity index (χ0v) is 12.8. The summed E-state index contributed by atoms with van der Waals surface area (Å²) >= 11 is 7.64. The summed E-state index contributed by atoms with van der Waals surface area (Å²) in [6.07, 6.45) is 0. The van der Waals surface area contributed by atoms with Crippen LogP contribution in [0.25, 0.3) is 10.1 Å². The van der Waals surface area contributed by atoms with Gasteiger partial charge in [0.1, 0.15) is 4.88 Å². The van der Waals surface area contributed by atoms with Crippen LogP contribution in [0.5, 0.6) is 0 Å². The minimum atomic E-state index is -0.157. The van der Waals surface area contributed by atoms with Crippen molar-refractivity contribution in [1.82, 2.24) is 5.32 Å². The number of nitrogens with one attached hydrogen (secondary N) is 1. The maximum Gasteiger partial charge on any atom is 0.263 e. The largest absolute Gasteiger partial charge is 0.375 e. The van der Waals surface area contributed by atoms with E-state index in [9.17, 15) is 4.79 Å². The first kappa shape index (κ1) is 15.0. The van der Waals surface area contributed by atoms with Gasteiger partial charge in [0.05, 0.1) is 18.2 Å². The molecular weight excluding hydrogens is 294 g/mol. The van der Waals surface area contributed by atoms with Crippen molar-refractivity contribution in [2.24, 2.45) is 0 Å². The van der Waals surface area contributed by atoms with Crippen LogP contribution in [0.4, 0.5) is 0 Å². The van der Waals surface area contributed by atoms with Crippen LogP contribution in [0.1, 0.15) is 16.6 Å². The summed E-state index contributed by atoms with van der Waals surface area (Å²) < 4.78 is 6.34. The third kappa shape index (κ3) is 3.60. The van der Waals surface area contributed by atoms with Crippen LogP contribution < -0.4 is 5.32 Å². The molecule has 2 rings (SSSR count). The lowest BCUT2D eigenvalue weighted by atomic mass is 10.2. The number of halogens is 1. The highest BCUT2D eigenvalue weighted by molar-refractivity contribution is 7.21. The van der Waals surface area contributed by atoms with Crippen LogP contribution in [0.2, 0.25) is 5.02 Å². The van der Waals surface area contributed by atoms with Gasteiger partial charge in [-0.05, 0) is 13.0 Å². The van der Waals surface area contributed by atoms with Crippen molar-refractivity contribution in [2.45, 2.75) is 6.92 Å². The number of benzene rings is 1. The molecule has 0 saturated heterocycles. The van der Waals surface area contributed by atoms with Crippen molar-refractivity contribution in [3.05, 3.63) is 46.3 Å². The monoisotopic (exact) mass is 309 g/mol. The van der Waals surface area contributed by atoms with E-state index in [-0.39, 0.29) is 5.91 Å². The van der Waals surface area contributed by atoms with Gasteiger partial charge in [-0.3, -0.25) is 4.79 Å². The van der Waals surface area contributed by atoms with Crippen molar-refractivity contribution in [3.63, 3.8) is 0 Å². The van der Waals surface area contributed by atoms with Gasteiger partial charge < -0.3 is 10.1 Å². The van der Waals surface area contributed by atoms with Gasteiger partial charge in [-0.1, -0.05) is 42.0 Å². The Hall–Kier alpha value is -1.36. The van der Waals surface area contributed by atoms with Crippen molar-refractivity contribution in [1.29, 1.82) is 0 Å². The molecule has 0 fully saturated rings. The predicted octanol–water partition coefficient (Wildman–Crippen LogP) is 3.88. The van der Waals surface area contributed by atoms with Crippen LogP contribution in [0.15, 0.2) is 36.4 Å². The number of carbonyl (C=O) groups is 1. The average Bonchev–Trinajstić information content (AvgIpc) is 2.76. The molecule has 0 aliphatic heterocycles. The minimum absolute atomic E-state index is 0.157. The first-order valence-corrected chi connectivity index (χ1v) is 7.46. The molecular formula is C15H16ClNO2S. The predicted molar refractivity (Wildman–Crippen MR) is 84.8 cm³/mol. The van der Waals surface area contributed by atoms with E-state index in [1.165, 1.54) is 11.3 Å². The normalized spacial score (nSPS) is 10.7. The Labute approximate surface area is 127 Å². The van der Waals surface area contributed by atoms with Gasteiger partial charge in [-0.25, -0.2) is 0 Å². The van der Waals surface area contributed by atoms with Gasteiger partial charge in [-0.2, -0.15) is 0 Å². The Morgan fingerprint density at radius 1 is 1.45 bits per heavy atom. The Bertz CT molecular complexity index is 636. The van der Waals surface area contributed by atoms with Gasteiger partial charge in [0.25, 0.3) is 5.91 Å². The molecule has 0 spiro atoms. The van der Waals surface area contributed by atoms with Crippen molar-refractivity contribution >= 4 is 38.9 Å². The summed E-state index contributed by atoms with van der Waals surface area (Å²) in [5, 5.41) is 4.25. The molecule has 20 heavy (non-hydrogen) atoms. The molecule has 1 aromatic heterocycles. The van der Waals surface area contributed by atoms with E-state index in [1.807, 2.05) is 31.2 Å². The number of hydrogen-bond acceptors (Lipinski definition) is 3. The van der Waals surface area contributed by atoms with E-state index in [0.29, 0.717) is 29.7 Å². The van der Waals surface area contributed by atoms with Gasteiger partial charge in [0, 0.05) is 16.6 Å². The van der Waals surface area contributed by atoms with Crippen molar-refractivity contribution in [3.8, 4) is 0 Å². The summed E-state index contributed by atoms with van der Waals surface area (Å²) in [7, 11) is 0. The van der Waals surface area contributed by atoms with E-state index >= 15 is 0 Å². The Balaban J connectivity index is 1.94. The Kier molecular flexibility index (Phi) is 5.17. The minimum Gasteiger partial charge on any atom is -0.375 e. The van der Waals surface area contributed by atoms with Crippen molar-refractivity contribution in [2.75, 3.05) is 19.8 Å². The first-order valence-electron chi connectivity index (χ1n) is 6.27. The number of hydrogen-bond donors (Lipinski definition) is 1. The molecule has 0 atom stereocenters. The quantitative estimate of drug-likeness (QED) is 0.649. The third-order valence-electron chi connectivity index (χ3n) is 2.62. The summed E-state index contributed by atoms with van der Waals surface area (Å²) in [6.45, 7) is 7.07. The maximum absolute atomic E-state index is 12.1. The Morgan fingerprint density at radius 2 is 2.20 bits per heavy atom. The smallest absolute Gasteiger partial charge is 0.263 e. The number of rotatable bonds is 6. The number of fused-ring (bicyclic) bond motifs is 1.